The van der Waals surface area contributed by atoms with Crippen molar-refractivity contribution >= 4 is 23.9 Å². The number of esters is 3. The number of carbonyl (C=O) groups excluding carboxylic acids is 3. The van der Waals surface area contributed by atoms with Gasteiger partial charge in [-0.15, -0.1) is 0 Å². The van der Waals surface area contributed by atoms with Crippen LogP contribution in [0.3, 0.4) is 0 Å². The van der Waals surface area contributed by atoms with Crippen LogP contribution in [0.2, 0.25) is 0 Å². The number of aliphatic hydroxyl groups excluding tert-OH is 2. The molecule has 6 atom stereocenters. The molecule has 3 N–H and O–H groups in total. The van der Waals surface area contributed by atoms with E-state index in [1.54, 1.807) is 0 Å². The van der Waals surface area contributed by atoms with E-state index in [9.17, 15) is 34.5 Å². The number of aliphatic carboxylic acids is 1. The van der Waals surface area contributed by atoms with Gasteiger partial charge in [-0.3, -0.25) is 14.4 Å². The van der Waals surface area contributed by atoms with Gasteiger partial charge < -0.3 is 39.0 Å². The number of hydrogen-bond acceptors (Lipinski definition) is 11. The minimum absolute atomic E-state index is 0.0604. The van der Waals surface area contributed by atoms with Crippen molar-refractivity contribution in [2.24, 2.45) is 0 Å². The molecule has 12 heteroatoms. The first-order valence-corrected chi connectivity index (χ1v) is 32.0. The number of allylic oxidation sites excluding steroid dienone is 6. The molecule has 1 saturated heterocycles. The van der Waals surface area contributed by atoms with Gasteiger partial charge in [-0.1, -0.05) is 243 Å². The third-order valence-electron chi connectivity index (χ3n) is 14.7. The summed E-state index contributed by atoms with van der Waals surface area (Å²) in [4.78, 5) is 51.2. The van der Waals surface area contributed by atoms with Gasteiger partial charge in [-0.05, 0) is 77.0 Å². The van der Waals surface area contributed by atoms with Crippen LogP contribution in [0, 0.1) is 0 Å². The van der Waals surface area contributed by atoms with Gasteiger partial charge in [-0.25, -0.2) is 4.79 Å². The van der Waals surface area contributed by atoms with Gasteiger partial charge in [0.25, 0.3) is 0 Å². The van der Waals surface area contributed by atoms with E-state index in [0.29, 0.717) is 19.3 Å². The zero-order valence-electron chi connectivity index (χ0n) is 49.5. The van der Waals surface area contributed by atoms with Crippen molar-refractivity contribution in [3.8, 4) is 0 Å². The zero-order chi connectivity index (χ0) is 56.1. The standard InChI is InChI=1S/C65H116O12/c1-4-7-10-13-16-19-22-25-27-28-29-30-32-35-38-41-44-47-50-53-59(68)76-63-61(70)60(69)62(64(71)72)77-65(63)74-55-56(75-58(67)52-49-46-43-40-37-33-24-21-18-15-12-9-6-3)54-73-57(66)51-48-45-42-39-36-34-31-26-23-20-17-14-11-8-5-2/h17,20,25-27,31,56,60-63,65,69-70H,4-16,18-19,21-24,28-30,32-55H2,1-3H3,(H,71,72)/b20-17-,27-25-,31-26-. The third-order valence-corrected chi connectivity index (χ3v) is 14.7. The summed E-state index contributed by atoms with van der Waals surface area (Å²) in [6, 6.07) is 0. The lowest BCUT2D eigenvalue weighted by molar-refractivity contribution is -0.301. The molecule has 77 heavy (non-hydrogen) atoms. The van der Waals surface area contributed by atoms with Crippen LogP contribution in [0.15, 0.2) is 36.5 Å². The molecule has 0 aliphatic carbocycles. The lowest BCUT2D eigenvalue weighted by Gasteiger charge is -2.40. The number of hydrogen-bond donors (Lipinski definition) is 3. The Morgan fingerprint density at radius 1 is 0.429 bits per heavy atom. The molecule has 0 radical (unpaired) electrons. The van der Waals surface area contributed by atoms with Crippen molar-refractivity contribution in [3.05, 3.63) is 36.5 Å². The van der Waals surface area contributed by atoms with Gasteiger partial charge in [0.15, 0.2) is 24.6 Å². The minimum Gasteiger partial charge on any atom is -0.479 e. The van der Waals surface area contributed by atoms with E-state index >= 15 is 0 Å². The molecule has 0 amide bonds. The van der Waals surface area contributed by atoms with E-state index in [4.69, 9.17) is 23.7 Å². The van der Waals surface area contributed by atoms with Gasteiger partial charge >= 0.3 is 23.9 Å². The highest BCUT2D eigenvalue weighted by molar-refractivity contribution is 5.74. The number of rotatable bonds is 55. The largest absolute Gasteiger partial charge is 0.479 e. The van der Waals surface area contributed by atoms with E-state index in [1.807, 2.05) is 0 Å². The lowest BCUT2D eigenvalue weighted by Crippen LogP contribution is -2.61. The summed E-state index contributed by atoms with van der Waals surface area (Å²) in [6.45, 7) is 5.99. The Bertz CT molecular complexity index is 1480. The molecule has 0 aromatic rings. The first-order chi connectivity index (χ1) is 37.6. The zero-order valence-corrected chi connectivity index (χ0v) is 49.5. The summed E-state index contributed by atoms with van der Waals surface area (Å²) in [6.07, 6.45) is 51.0. The van der Waals surface area contributed by atoms with Crippen LogP contribution >= 0.6 is 0 Å². The summed E-state index contributed by atoms with van der Waals surface area (Å²) < 4.78 is 28.5. The molecule has 1 aliphatic rings. The van der Waals surface area contributed by atoms with Gasteiger partial charge in [0.1, 0.15) is 18.8 Å². The van der Waals surface area contributed by atoms with Crippen LogP contribution in [-0.4, -0.2) is 89.2 Å². The van der Waals surface area contributed by atoms with Crippen molar-refractivity contribution in [1.82, 2.24) is 0 Å². The molecule has 448 valence electrons. The van der Waals surface area contributed by atoms with Crippen LogP contribution in [0.25, 0.3) is 0 Å². The van der Waals surface area contributed by atoms with E-state index < -0.39 is 67.3 Å². The van der Waals surface area contributed by atoms with E-state index in [1.165, 1.54) is 148 Å². The summed E-state index contributed by atoms with van der Waals surface area (Å²) in [5.41, 5.74) is 0. The average Bonchev–Trinajstić information content (AvgIpc) is 3.42. The Morgan fingerprint density at radius 2 is 0.779 bits per heavy atom. The van der Waals surface area contributed by atoms with Crippen LogP contribution in [0.5, 0.6) is 0 Å². The number of carboxylic acids is 1. The first kappa shape index (κ1) is 72.0. The molecule has 1 rings (SSSR count). The maximum Gasteiger partial charge on any atom is 0.335 e. The number of carboxylic acid groups (broad SMARTS) is 1. The van der Waals surface area contributed by atoms with Gasteiger partial charge in [0.05, 0.1) is 6.61 Å². The Balaban J connectivity index is 2.64. The summed E-state index contributed by atoms with van der Waals surface area (Å²) in [5.74, 6) is -3.11. The highest BCUT2D eigenvalue weighted by Gasteiger charge is 2.50. The van der Waals surface area contributed by atoms with E-state index in [2.05, 4.69) is 57.2 Å². The number of unbranched alkanes of at least 4 members (excludes halogenated alkanes) is 35. The van der Waals surface area contributed by atoms with E-state index in [0.717, 1.165) is 96.3 Å². The summed E-state index contributed by atoms with van der Waals surface area (Å²) >= 11 is 0. The fourth-order valence-corrected chi connectivity index (χ4v) is 9.75. The van der Waals surface area contributed by atoms with Crippen LogP contribution in [-0.2, 0) is 42.9 Å². The van der Waals surface area contributed by atoms with Gasteiger partial charge in [0.2, 0.25) is 0 Å². The van der Waals surface area contributed by atoms with Crippen molar-refractivity contribution in [2.75, 3.05) is 13.2 Å². The molecular weight excluding hydrogens is 973 g/mol. The number of carbonyl (C=O) groups is 4. The molecular formula is C65H116O12. The molecule has 1 heterocycles. The number of ether oxygens (including phenoxy) is 5. The highest BCUT2D eigenvalue weighted by Crippen LogP contribution is 2.27. The highest BCUT2D eigenvalue weighted by atomic mass is 16.7. The molecule has 0 spiro atoms. The fourth-order valence-electron chi connectivity index (χ4n) is 9.75. The second-order valence-electron chi connectivity index (χ2n) is 22.0. The SMILES string of the molecule is CCCCC/C=C\C/C=C\CCCCCCCC(=O)OCC(COC1OC(C(=O)O)C(O)C(O)C1OC(=O)CCCCCCCCCCC/C=C\CCCCCCCC)OC(=O)CCCCCCCCCCCCCCC. The lowest BCUT2D eigenvalue weighted by atomic mass is 9.98. The molecule has 0 aromatic heterocycles. The molecule has 1 fully saturated rings. The first-order valence-electron chi connectivity index (χ1n) is 32.0. The Labute approximate surface area is 470 Å². The monoisotopic (exact) mass is 1090 g/mol. The van der Waals surface area contributed by atoms with Crippen LogP contribution in [0.1, 0.15) is 303 Å². The van der Waals surface area contributed by atoms with Crippen molar-refractivity contribution in [1.29, 1.82) is 0 Å². The average molecular weight is 1090 g/mol. The van der Waals surface area contributed by atoms with Crippen molar-refractivity contribution in [2.45, 2.75) is 340 Å². The second kappa shape index (κ2) is 53.6. The minimum atomic E-state index is -1.90. The van der Waals surface area contributed by atoms with Gasteiger partial charge in [-0.2, -0.15) is 0 Å². The summed E-state index contributed by atoms with van der Waals surface area (Å²) in [7, 11) is 0. The Kier molecular flexibility index (Phi) is 50.1. The molecule has 0 aromatic carbocycles. The third kappa shape index (κ3) is 43.4. The van der Waals surface area contributed by atoms with Gasteiger partial charge in [0, 0.05) is 19.3 Å². The molecule has 0 bridgehead atoms. The molecule has 0 saturated carbocycles. The van der Waals surface area contributed by atoms with Crippen LogP contribution < -0.4 is 0 Å². The predicted molar refractivity (Wildman–Crippen MR) is 313 cm³/mol. The molecule has 12 nitrogen and oxygen atoms in total. The molecule has 6 unspecified atom stereocenters. The summed E-state index contributed by atoms with van der Waals surface area (Å²) in [5, 5.41) is 31.6. The second-order valence-corrected chi connectivity index (χ2v) is 22.0. The topological polar surface area (TPSA) is 175 Å². The van der Waals surface area contributed by atoms with E-state index in [-0.39, 0.29) is 25.9 Å². The van der Waals surface area contributed by atoms with Crippen molar-refractivity contribution in [3.63, 3.8) is 0 Å². The number of aliphatic hydroxyl groups is 2. The van der Waals surface area contributed by atoms with Crippen LogP contribution in [0.4, 0.5) is 0 Å². The Morgan fingerprint density at radius 3 is 1.21 bits per heavy atom. The molecule has 1 aliphatic heterocycles. The predicted octanol–water partition coefficient (Wildman–Crippen LogP) is 16.8. The quantitative estimate of drug-likeness (QED) is 0.0228. The smallest absolute Gasteiger partial charge is 0.335 e. The fraction of sp³-hybridized carbons (Fsp3) is 0.846. The Hall–Kier alpha value is -3.06. The normalized spacial score (nSPS) is 18.2. The maximum absolute atomic E-state index is 13.2. The van der Waals surface area contributed by atoms with Crippen molar-refractivity contribution < 1.29 is 58.2 Å². The maximum atomic E-state index is 13.2.